The number of aromatic nitrogens is 3. The Labute approximate surface area is 243 Å². The van der Waals surface area contributed by atoms with Crippen LogP contribution < -0.4 is 10.6 Å². The minimum absolute atomic E-state index is 0.249. The van der Waals surface area contributed by atoms with Gasteiger partial charge in [0.05, 0.1) is 17.6 Å². The molecule has 3 aromatic rings. The van der Waals surface area contributed by atoms with Crippen molar-refractivity contribution in [3.8, 4) is 11.1 Å². The van der Waals surface area contributed by atoms with Crippen molar-refractivity contribution in [1.29, 1.82) is 0 Å². The van der Waals surface area contributed by atoms with Crippen LogP contribution >= 0.6 is 0 Å². The average molecular weight is 564 g/mol. The molecule has 1 fully saturated rings. The van der Waals surface area contributed by atoms with Crippen LogP contribution in [0, 0.1) is 5.92 Å². The number of nitrogens with one attached hydrogen (secondary N) is 3. The molecule has 0 radical (unpaired) electrons. The molecule has 3 N–H and O–H groups in total. The molecule has 1 aliphatic heterocycles. The largest absolute Gasteiger partial charge is 0.343 e. The SMILES string of the molecule is CCN(CCC1CCC(c2nc3nccc(-c4ccccc4)c3[nH]2)N1C)C(=O)CC(C)C.CNC(C)C(=O)NC=O. The van der Waals surface area contributed by atoms with Crippen molar-refractivity contribution in [1.82, 2.24) is 35.4 Å². The number of imidazole rings is 1. The molecule has 3 amide bonds. The molecule has 3 unspecified atom stereocenters. The first-order valence-corrected chi connectivity index (χ1v) is 14.5. The fourth-order valence-corrected chi connectivity index (χ4v) is 5.19. The van der Waals surface area contributed by atoms with Crippen molar-refractivity contribution in [2.75, 3.05) is 27.2 Å². The topological polar surface area (TPSA) is 123 Å². The first-order chi connectivity index (χ1) is 19.7. The molecule has 0 bridgehead atoms. The number of imide groups is 1. The van der Waals surface area contributed by atoms with E-state index >= 15 is 0 Å². The summed E-state index contributed by atoms with van der Waals surface area (Å²) in [4.78, 5) is 50.2. The molecular formula is C31H45N7O3. The van der Waals surface area contributed by atoms with Gasteiger partial charge in [-0.3, -0.25) is 24.6 Å². The summed E-state index contributed by atoms with van der Waals surface area (Å²) in [6, 6.07) is 12.8. The zero-order valence-corrected chi connectivity index (χ0v) is 25.2. The number of likely N-dealkylation sites (N-methyl/N-ethyl adjacent to an activating group) is 1. The molecule has 41 heavy (non-hydrogen) atoms. The lowest BCUT2D eigenvalue weighted by Crippen LogP contribution is -2.39. The van der Waals surface area contributed by atoms with Crippen LogP contribution in [0.4, 0.5) is 0 Å². The minimum Gasteiger partial charge on any atom is -0.343 e. The summed E-state index contributed by atoms with van der Waals surface area (Å²) in [5, 5.41) is 4.69. The van der Waals surface area contributed by atoms with Crippen molar-refractivity contribution in [2.45, 2.75) is 71.5 Å². The van der Waals surface area contributed by atoms with E-state index in [-0.39, 0.29) is 23.9 Å². The predicted molar refractivity (Wildman–Crippen MR) is 162 cm³/mol. The second-order valence-corrected chi connectivity index (χ2v) is 11.0. The Morgan fingerprint density at radius 3 is 2.54 bits per heavy atom. The summed E-state index contributed by atoms with van der Waals surface area (Å²) in [7, 11) is 3.84. The molecular weight excluding hydrogens is 518 g/mol. The number of rotatable bonds is 11. The van der Waals surface area contributed by atoms with E-state index in [0.29, 0.717) is 24.8 Å². The maximum absolute atomic E-state index is 12.5. The van der Waals surface area contributed by atoms with Crippen molar-refractivity contribution < 1.29 is 14.4 Å². The average Bonchev–Trinajstić information content (AvgIpc) is 3.56. The van der Waals surface area contributed by atoms with Crippen LogP contribution in [0.1, 0.15) is 65.2 Å². The molecule has 2 aromatic heterocycles. The van der Waals surface area contributed by atoms with E-state index in [0.717, 1.165) is 54.9 Å². The summed E-state index contributed by atoms with van der Waals surface area (Å²) in [5.41, 5.74) is 4.07. The molecule has 1 saturated heterocycles. The Kier molecular flexibility index (Phi) is 12.0. The third-order valence-corrected chi connectivity index (χ3v) is 7.73. The molecule has 0 aliphatic carbocycles. The van der Waals surface area contributed by atoms with E-state index in [1.165, 1.54) is 5.56 Å². The summed E-state index contributed by atoms with van der Waals surface area (Å²) in [6.07, 6.45) is 6.02. The number of benzene rings is 1. The Hall–Kier alpha value is -3.63. The molecule has 0 spiro atoms. The molecule has 3 heterocycles. The highest BCUT2D eigenvalue weighted by molar-refractivity contribution is 5.90. The minimum atomic E-state index is -0.312. The summed E-state index contributed by atoms with van der Waals surface area (Å²) >= 11 is 0. The Morgan fingerprint density at radius 1 is 1.17 bits per heavy atom. The monoisotopic (exact) mass is 563 g/mol. The van der Waals surface area contributed by atoms with Gasteiger partial charge in [-0.05, 0) is 64.8 Å². The van der Waals surface area contributed by atoms with Crippen molar-refractivity contribution in [2.24, 2.45) is 5.92 Å². The van der Waals surface area contributed by atoms with Gasteiger partial charge in [0, 0.05) is 37.3 Å². The Balaban J connectivity index is 0.000000445. The zero-order chi connectivity index (χ0) is 29.9. The number of hydrogen-bond acceptors (Lipinski definition) is 7. The van der Waals surface area contributed by atoms with E-state index in [9.17, 15) is 14.4 Å². The van der Waals surface area contributed by atoms with Gasteiger partial charge >= 0.3 is 0 Å². The van der Waals surface area contributed by atoms with Gasteiger partial charge in [-0.2, -0.15) is 0 Å². The van der Waals surface area contributed by atoms with E-state index in [2.05, 4.69) is 72.3 Å². The molecule has 0 saturated carbocycles. The highest BCUT2D eigenvalue weighted by atomic mass is 16.2. The lowest BCUT2D eigenvalue weighted by Gasteiger charge is -2.28. The number of pyridine rings is 1. The second kappa shape index (κ2) is 15.4. The maximum Gasteiger partial charge on any atom is 0.243 e. The van der Waals surface area contributed by atoms with Gasteiger partial charge in [-0.1, -0.05) is 44.2 Å². The quantitative estimate of drug-likeness (QED) is 0.302. The number of fused-ring (bicyclic) bond motifs is 1. The van der Waals surface area contributed by atoms with E-state index < -0.39 is 0 Å². The lowest BCUT2D eigenvalue weighted by atomic mass is 10.1. The second-order valence-electron chi connectivity index (χ2n) is 11.0. The fourth-order valence-electron chi connectivity index (χ4n) is 5.19. The normalized spacial score (nSPS) is 17.6. The number of likely N-dealkylation sites (tertiary alicyclic amines) is 1. The van der Waals surface area contributed by atoms with Crippen LogP contribution in [0.15, 0.2) is 42.6 Å². The molecule has 10 nitrogen and oxygen atoms in total. The van der Waals surface area contributed by atoms with Crippen LogP contribution in [-0.4, -0.2) is 82.2 Å². The number of carbonyl (C=O) groups is 3. The molecule has 4 rings (SSSR count). The Morgan fingerprint density at radius 2 is 1.90 bits per heavy atom. The maximum atomic E-state index is 12.5. The van der Waals surface area contributed by atoms with Crippen molar-refractivity contribution in [3.63, 3.8) is 0 Å². The number of amides is 3. The highest BCUT2D eigenvalue weighted by Gasteiger charge is 2.34. The van der Waals surface area contributed by atoms with E-state index in [1.807, 2.05) is 28.5 Å². The van der Waals surface area contributed by atoms with E-state index in [4.69, 9.17) is 4.98 Å². The number of carbonyl (C=O) groups excluding carboxylic acids is 3. The lowest BCUT2D eigenvalue weighted by molar-refractivity contribution is -0.132. The molecule has 1 aliphatic rings. The van der Waals surface area contributed by atoms with Gasteiger partial charge in [0.1, 0.15) is 5.82 Å². The standard InChI is InChI=1S/C26H35N5O.C5H10N2O2/c1-5-31(23(32)17-18(2)3)16-14-20-11-12-22(30(20)4)25-28-24-21(13-15-27-26(24)29-25)19-9-7-6-8-10-19;1-4(6-2)5(9)7-3-8/h6-10,13,15,18,20,22H,5,11-12,14,16-17H2,1-4H3,(H,27,28,29);3-4,6H,1-2H3,(H,7,8,9). The van der Waals surface area contributed by atoms with Crippen LogP contribution in [-0.2, 0) is 14.4 Å². The Bertz CT molecular complexity index is 1280. The van der Waals surface area contributed by atoms with Crippen LogP contribution in [0.5, 0.6) is 0 Å². The van der Waals surface area contributed by atoms with Gasteiger partial charge in [0.15, 0.2) is 5.65 Å². The third-order valence-electron chi connectivity index (χ3n) is 7.73. The smallest absolute Gasteiger partial charge is 0.243 e. The third kappa shape index (κ3) is 8.43. The summed E-state index contributed by atoms with van der Waals surface area (Å²) in [6.45, 7) is 9.55. The summed E-state index contributed by atoms with van der Waals surface area (Å²) in [5.74, 6) is 1.35. The molecule has 10 heteroatoms. The van der Waals surface area contributed by atoms with Crippen LogP contribution in [0.3, 0.4) is 0 Å². The van der Waals surface area contributed by atoms with Crippen LogP contribution in [0.25, 0.3) is 22.3 Å². The number of aromatic amines is 1. The number of hydrogen-bond donors (Lipinski definition) is 3. The van der Waals surface area contributed by atoms with Gasteiger partial charge in [0.2, 0.25) is 18.2 Å². The molecule has 3 atom stereocenters. The summed E-state index contributed by atoms with van der Waals surface area (Å²) < 4.78 is 0. The van der Waals surface area contributed by atoms with Gasteiger partial charge < -0.3 is 15.2 Å². The number of nitrogens with zero attached hydrogens (tertiary/aromatic N) is 4. The van der Waals surface area contributed by atoms with Gasteiger partial charge in [0.25, 0.3) is 0 Å². The first kappa shape index (κ1) is 31.9. The van der Waals surface area contributed by atoms with Gasteiger partial charge in [-0.25, -0.2) is 9.97 Å². The highest BCUT2D eigenvalue weighted by Crippen LogP contribution is 2.36. The molecule has 222 valence electrons. The first-order valence-electron chi connectivity index (χ1n) is 14.5. The van der Waals surface area contributed by atoms with Crippen molar-refractivity contribution >= 4 is 29.4 Å². The predicted octanol–water partition coefficient (Wildman–Crippen LogP) is 3.91. The zero-order valence-electron chi connectivity index (χ0n) is 25.2. The van der Waals surface area contributed by atoms with E-state index in [1.54, 1.807) is 14.0 Å². The fraction of sp³-hybridized carbons (Fsp3) is 0.516. The van der Waals surface area contributed by atoms with Crippen LogP contribution in [0.2, 0.25) is 0 Å². The molecule has 1 aromatic carbocycles. The van der Waals surface area contributed by atoms with Gasteiger partial charge in [-0.15, -0.1) is 0 Å². The van der Waals surface area contributed by atoms with Crippen molar-refractivity contribution in [3.05, 3.63) is 48.4 Å². The number of H-pyrrole nitrogens is 1.